The van der Waals surface area contributed by atoms with Gasteiger partial charge in [0, 0.05) is 17.9 Å². The lowest BCUT2D eigenvalue weighted by Crippen LogP contribution is -2.01. The summed E-state index contributed by atoms with van der Waals surface area (Å²) in [6, 6.07) is 22.6. The van der Waals surface area contributed by atoms with Crippen molar-refractivity contribution in [3.63, 3.8) is 0 Å². The molecule has 0 fully saturated rings. The Morgan fingerprint density at radius 3 is 2.00 bits per heavy atom. The van der Waals surface area contributed by atoms with Gasteiger partial charge in [0.25, 0.3) is 0 Å². The molecule has 0 radical (unpaired) electrons. The second-order valence-electron chi connectivity index (χ2n) is 8.40. The fourth-order valence-corrected chi connectivity index (χ4v) is 3.43. The Hall–Kier alpha value is -3.27. The third-order valence-corrected chi connectivity index (χ3v) is 5.37. The number of ether oxygens (including phenoxy) is 1. The summed E-state index contributed by atoms with van der Waals surface area (Å²) in [6.45, 7) is 8.41. The van der Waals surface area contributed by atoms with Gasteiger partial charge in [-0.15, -0.1) is 0 Å². The molecule has 3 N–H and O–H groups in total. The van der Waals surface area contributed by atoms with Crippen LogP contribution in [0.15, 0.2) is 79.4 Å². The summed E-state index contributed by atoms with van der Waals surface area (Å²) in [4.78, 5) is 0. The molecule has 0 aliphatic carbocycles. The largest absolute Gasteiger partial charge is 0.457 e. The normalized spacial score (nSPS) is 10.2. The number of benzene rings is 3. The van der Waals surface area contributed by atoms with Crippen LogP contribution in [-0.2, 0) is 13.2 Å². The Morgan fingerprint density at radius 1 is 0.824 bits per heavy atom. The number of nitrogens with two attached hydrogens (primary N) is 1. The van der Waals surface area contributed by atoms with E-state index in [1.807, 2.05) is 54.6 Å². The van der Waals surface area contributed by atoms with Crippen LogP contribution in [0.1, 0.15) is 69.1 Å². The van der Waals surface area contributed by atoms with Gasteiger partial charge in [0.15, 0.2) is 0 Å². The summed E-state index contributed by atoms with van der Waals surface area (Å²) in [7, 11) is 0. The van der Waals surface area contributed by atoms with E-state index >= 15 is 0 Å². The molecule has 0 bridgehead atoms. The Kier molecular flexibility index (Phi) is 12.3. The predicted octanol–water partition coefficient (Wildman–Crippen LogP) is 8.86. The number of anilines is 1. The van der Waals surface area contributed by atoms with Crippen LogP contribution in [0.25, 0.3) is 5.70 Å². The summed E-state index contributed by atoms with van der Waals surface area (Å²) in [5, 5.41) is 3.36. The SMILES string of the molecule is C=C(N)c1cccc(NCc2cccc(Oc3cccc(CF)c3)c2)c1.CCCCCCCC. The minimum atomic E-state index is -0.505. The number of halogens is 1. The molecule has 0 saturated heterocycles. The van der Waals surface area contributed by atoms with E-state index in [4.69, 9.17) is 10.5 Å². The standard InChI is InChI=1S/C22H21FN2O.C8H18/c1-16(24)19-7-4-8-20(13-19)25-15-18-6-3-10-22(12-18)26-21-9-2-5-17(11-21)14-23;1-3-5-7-8-6-4-2/h2-13,25H,1,14-15,24H2;3-8H2,1-2H3. The second kappa shape index (κ2) is 15.5. The minimum Gasteiger partial charge on any atom is -0.457 e. The van der Waals surface area contributed by atoms with Crippen LogP contribution in [0.2, 0.25) is 0 Å². The van der Waals surface area contributed by atoms with E-state index in [-0.39, 0.29) is 0 Å². The molecule has 0 amide bonds. The first kappa shape index (κ1) is 27.0. The molecule has 4 heteroatoms. The molecule has 182 valence electrons. The average Bonchev–Trinajstić information content (AvgIpc) is 2.86. The van der Waals surface area contributed by atoms with Gasteiger partial charge in [-0.25, -0.2) is 4.39 Å². The third kappa shape index (κ3) is 10.1. The average molecular weight is 463 g/mol. The Bertz CT molecular complexity index is 996. The van der Waals surface area contributed by atoms with Crippen molar-refractivity contribution < 1.29 is 9.13 Å². The zero-order valence-corrected chi connectivity index (χ0v) is 20.7. The van der Waals surface area contributed by atoms with E-state index in [1.54, 1.807) is 18.2 Å². The zero-order chi connectivity index (χ0) is 24.6. The lowest BCUT2D eigenvalue weighted by molar-refractivity contribution is 0.468. The Labute approximate surface area is 204 Å². The van der Waals surface area contributed by atoms with E-state index in [0.717, 1.165) is 16.8 Å². The maximum Gasteiger partial charge on any atom is 0.127 e. The summed E-state index contributed by atoms with van der Waals surface area (Å²) in [5.41, 5.74) is 9.82. The van der Waals surface area contributed by atoms with E-state index in [1.165, 1.54) is 38.5 Å². The van der Waals surface area contributed by atoms with Gasteiger partial charge in [-0.3, -0.25) is 0 Å². The van der Waals surface area contributed by atoms with Crippen molar-refractivity contribution in [3.05, 3.63) is 96.1 Å². The number of rotatable bonds is 12. The Balaban J connectivity index is 0.000000440. The van der Waals surface area contributed by atoms with Gasteiger partial charge in [-0.2, -0.15) is 0 Å². The number of hydrogen-bond donors (Lipinski definition) is 2. The first-order valence-corrected chi connectivity index (χ1v) is 12.3. The van der Waals surface area contributed by atoms with Crippen molar-refractivity contribution >= 4 is 11.4 Å². The molecular formula is C30H39FN2O. The first-order chi connectivity index (χ1) is 16.5. The van der Waals surface area contributed by atoms with Gasteiger partial charge < -0.3 is 15.8 Å². The molecule has 0 heterocycles. The molecule has 0 spiro atoms. The van der Waals surface area contributed by atoms with E-state index in [9.17, 15) is 4.39 Å². The van der Waals surface area contributed by atoms with Crippen LogP contribution in [0.5, 0.6) is 11.5 Å². The van der Waals surface area contributed by atoms with Gasteiger partial charge in [0.1, 0.15) is 18.2 Å². The molecule has 3 nitrogen and oxygen atoms in total. The zero-order valence-electron chi connectivity index (χ0n) is 20.7. The van der Waals surface area contributed by atoms with E-state index in [2.05, 4.69) is 25.7 Å². The molecule has 3 aromatic carbocycles. The summed E-state index contributed by atoms with van der Waals surface area (Å²) >= 11 is 0. The number of nitrogens with one attached hydrogen (secondary N) is 1. The van der Waals surface area contributed by atoms with Crippen molar-refractivity contribution in [1.82, 2.24) is 0 Å². The smallest absolute Gasteiger partial charge is 0.127 e. The molecule has 3 aromatic rings. The predicted molar refractivity (Wildman–Crippen MR) is 144 cm³/mol. The summed E-state index contributed by atoms with van der Waals surface area (Å²) < 4.78 is 18.6. The maximum absolute atomic E-state index is 12.8. The van der Waals surface area contributed by atoms with Crippen molar-refractivity contribution in [3.8, 4) is 11.5 Å². The van der Waals surface area contributed by atoms with E-state index in [0.29, 0.717) is 29.3 Å². The second-order valence-corrected chi connectivity index (χ2v) is 8.40. The molecule has 0 aliphatic rings. The Morgan fingerprint density at radius 2 is 1.41 bits per heavy atom. The summed E-state index contributed by atoms with van der Waals surface area (Å²) in [5.74, 6) is 1.34. The van der Waals surface area contributed by atoms with Gasteiger partial charge >= 0.3 is 0 Å². The molecule has 0 aromatic heterocycles. The third-order valence-electron chi connectivity index (χ3n) is 5.37. The minimum absolute atomic E-state index is 0.505. The quantitative estimate of drug-likeness (QED) is 0.264. The van der Waals surface area contributed by atoms with Crippen molar-refractivity contribution in [1.29, 1.82) is 0 Å². The highest BCUT2D eigenvalue weighted by molar-refractivity contribution is 5.64. The molecule has 3 rings (SSSR count). The maximum atomic E-state index is 12.8. The highest BCUT2D eigenvalue weighted by Gasteiger charge is 2.02. The van der Waals surface area contributed by atoms with Crippen LogP contribution >= 0.6 is 0 Å². The topological polar surface area (TPSA) is 47.3 Å². The van der Waals surface area contributed by atoms with Crippen LogP contribution in [0.4, 0.5) is 10.1 Å². The van der Waals surface area contributed by atoms with Crippen LogP contribution in [-0.4, -0.2) is 0 Å². The molecule has 0 aliphatic heterocycles. The fourth-order valence-electron chi connectivity index (χ4n) is 3.43. The number of unbranched alkanes of at least 4 members (excludes halogenated alkanes) is 5. The summed E-state index contributed by atoms with van der Waals surface area (Å²) in [6.07, 6.45) is 8.49. The van der Waals surface area contributed by atoms with Crippen molar-refractivity contribution in [2.24, 2.45) is 5.73 Å². The van der Waals surface area contributed by atoms with Crippen LogP contribution in [0, 0.1) is 0 Å². The van der Waals surface area contributed by atoms with Gasteiger partial charge in [0.05, 0.1) is 0 Å². The van der Waals surface area contributed by atoms with E-state index < -0.39 is 6.67 Å². The molecular weight excluding hydrogens is 423 g/mol. The lowest BCUT2D eigenvalue weighted by atomic mass is 10.1. The highest BCUT2D eigenvalue weighted by atomic mass is 19.1. The van der Waals surface area contributed by atoms with Crippen molar-refractivity contribution in [2.75, 3.05) is 5.32 Å². The monoisotopic (exact) mass is 462 g/mol. The molecule has 0 unspecified atom stereocenters. The van der Waals surface area contributed by atoms with Gasteiger partial charge in [-0.05, 0) is 53.1 Å². The lowest BCUT2D eigenvalue weighted by Gasteiger charge is -2.11. The number of hydrogen-bond acceptors (Lipinski definition) is 3. The molecule has 0 atom stereocenters. The first-order valence-electron chi connectivity index (χ1n) is 12.3. The van der Waals surface area contributed by atoms with Crippen LogP contribution < -0.4 is 15.8 Å². The molecule has 0 saturated carbocycles. The molecule has 34 heavy (non-hydrogen) atoms. The highest BCUT2D eigenvalue weighted by Crippen LogP contribution is 2.24. The fraction of sp³-hybridized carbons (Fsp3) is 0.333. The number of alkyl halides is 1. The van der Waals surface area contributed by atoms with Crippen molar-refractivity contribution in [2.45, 2.75) is 65.6 Å². The van der Waals surface area contributed by atoms with Gasteiger partial charge in [-0.1, -0.05) is 95.3 Å². The van der Waals surface area contributed by atoms with Gasteiger partial charge in [0.2, 0.25) is 0 Å². The van der Waals surface area contributed by atoms with Crippen LogP contribution in [0.3, 0.4) is 0 Å².